The summed E-state index contributed by atoms with van der Waals surface area (Å²) in [5.41, 5.74) is 4.41. The zero-order chi connectivity index (χ0) is 21.3. The third kappa shape index (κ3) is 3.90. The van der Waals surface area contributed by atoms with Crippen LogP contribution in [0.4, 0.5) is 4.39 Å². The number of allylic oxidation sites excluding steroid dienone is 4. The second-order valence-electron chi connectivity index (χ2n) is 7.86. The van der Waals surface area contributed by atoms with Gasteiger partial charge >= 0.3 is 0 Å². The summed E-state index contributed by atoms with van der Waals surface area (Å²) in [6.07, 6.45) is 8.81. The summed E-state index contributed by atoms with van der Waals surface area (Å²) in [6.45, 7) is 7.57. The first kappa shape index (κ1) is 20.0. The fourth-order valence-corrected chi connectivity index (χ4v) is 4.02. The third-order valence-electron chi connectivity index (χ3n) is 5.67. The summed E-state index contributed by atoms with van der Waals surface area (Å²) in [5, 5.41) is 23.6. The molecule has 7 nitrogen and oxygen atoms in total. The van der Waals surface area contributed by atoms with E-state index in [1.54, 1.807) is 4.52 Å². The van der Waals surface area contributed by atoms with E-state index in [1.807, 2.05) is 32.2 Å². The molecule has 9 heteroatoms. The highest BCUT2D eigenvalue weighted by molar-refractivity contribution is 6.67. The van der Waals surface area contributed by atoms with Crippen LogP contribution >= 0.6 is 0 Å². The molecule has 0 bridgehead atoms. The average Bonchev–Trinajstić information content (AvgIpc) is 3.14. The number of rotatable bonds is 4. The van der Waals surface area contributed by atoms with Gasteiger partial charge in [0.15, 0.2) is 5.65 Å². The smallest absolute Gasteiger partial charge is 0.232 e. The quantitative estimate of drug-likeness (QED) is 0.439. The van der Waals surface area contributed by atoms with E-state index in [0.717, 1.165) is 48.0 Å². The summed E-state index contributed by atoms with van der Waals surface area (Å²) in [4.78, 5) is 4.46. The molecule has 30 heavy (non-hydrogen) atoms. The second-order valence-corrected chi connectivity index (χ2v) is 7.86. The van der Waals surface area contributed by atoms with Crippen molar-refractivity contribution in [3.8, 4) is 5.97 Å². The van der Waals surface area contributed by atoms with Gasteiger partial charge in [0.25, 0.3) is 6.71 Å². The summed E-state index contributed by atoms with van der Waals surface area (Å²) >= 11 is 0. The first-order valence-electron chi connectivity index (χ1n) is 10.1. The van der Waals surface area contributed by atoms with E-state index in [-0.39, 0.29) is 12.8 Å². The molecule has 0 aromatic carbocycles. The number of hydrogen-bond donors (Lipinski definition) is 0. The van der Waals surface area contributed by atoms with Gasteiger partial charge in [0.2, 0.25) is 0 Å². The SMILES string of the molecule is C=NN(/N=C1\CC=C(c2cc(C)c3nc(C)cn3n2)C=C1F)C1CCB(C#N)CC1. The Kier molecular flexibility index (Phi) is 5.49. The predicted molar refractivity (Wildman–Crippen MR) is 117 cm³/mol. The zero-order valence-corrected chi connectivity index (χ0v) is 17.2. The number of aromatic nitrogens is 3. The van der Waals surface area contributed by atoms with E-state index in [9.17, 15) is 4.39 Å². The summed E-state index contributed by atoms with van der Waals surface area (Å²) < 4.78 is 16.6. The fourth-order valence-electron chi connectivity index (χ4n) is 4.02. The van der Waals surface area contributed by atoms with E-state index >= 15 is 0 Å². The number of nitriles is 1. The number of aryl methyl sites for hydroxylation is 2. The highest BCUT2D eigenvalue weighted by atomic mass is 19.1. The molecule has 1 aliphatic carbocycles. The van der Waals surface area contributed by atoms with Crippen LogP contribution in [-0.4, -0.2) is 44.9 Å². The van der Waals surface area contributed by atoms with Crippen molar-refractivity contribution in [3.05, 3.63) is 47.2 Å². The third-order valence-corrected chi connectivity index (χ3v) is 5.67. The minimum absolute atomic E-state index is 0.0500. The van der Waals surface area contributed by atoms with Crippen molar-refractivity contribution in [1.29, 1.82) is 5.26 Å². The van der Waals surface area contributed by atoms with Crippen LogP contribution in [0, 0.1) is 25.1 Å². The molecule has 0 atom stereocenters. The molecule has 0 radical (unpaired) electrons. The molecule has 2 aromatic rings. The van der Waals surface area contributed by atoms with Crippen molar-refractivity contribution >= 4 is 30.4 Å². The van der Waals surface area contributed by atoms with E-state index in [1.165, 1.54) is 11.2 Å². The Bertz CT molecular complexity index is 1120. The Balaban J connectivity index is 1.54. The Morgan fingerprint density at radius 3 is 2.80 bits per heavy atom. The van der Waals surface area contributed by atoms with Crippen LogP contribution in [0.5, 0.6) is 0 Å². The van der Waals surface area contributed by atoms with Gasteiger partial charge in [-0.15, -0.1) is 0 Å². The molecule has 1 aliphatic heterocycles. The van der Waals surface area contributed by atoms with Crippen molar-refractivity contribution in [3.63, 3.8) is 0 Å². The monoisotopic (exact) mass is 403 g/mol. The molecule has 1 fully saturated rings. The van der Waals surface area contributed by atoms with Gasteiger partial charge in [-0.1, -0.05) is 18.7 Å². The van der Waals surface area contributed by atoms with E-state index < -0.39 is 5.83 Å². The molecule has 0 saturated carbocycles. The van der Waals surface area contributed by atoms with Gasteiger partial charge in [0.05, 0.1) is 23.6 Å². The Labute approximate surface area is 175 Å². The molecule has 3 heterocycles. The van der Waals surface area contributed by atoms with Crippen molar-refractivity contribution in [2.24, 2.45) is 10.2 Å². The van der Waals surface area contributed by atoms with Crippen molar-refractivity contribution in [1.82, 2.24) is 19.7 Å². The van der Waals surface area contributed by atoms with Crippen LogP contribution in [0.3, 0.4) is 0 Å². The van der Waals surface area contributed by atoms with E-state index in [4.69, 9.17) is 5.26 Å². The molecule has 0 spiro atoms. The first-order valence-corrected chi connectivity index (χ1v) is 10.1. The molecule has 4 rings (SSSR count). The van der Waals surface area contributed by atoms with E-state index in [2.05, 4.69) is 33.0 Å². The van der Waals surface area contributed by atoms with Crippen LogP contribution in [0.15, 0.2) is 40.4 Å². The van der Waals surface area contributed by atoms with Gasteiger partial charge in [-0.3, -0.25) is 0 Å². The number of halogens is 1. The Hall–Kier alpha value is -3.28. The maximum atomic E-state index is 14.9. The lowest BCUT2D eigenvalue weighted by molar-refractivity contribution is 0.199. The zero-order valence-electron chi connectivity index (χ0n) is 17.2. The highest BCUT2D eigenvalue weighted by Gasteiger charge is 2.28. The standard InChI is InChI=1S/C21H23BFN7/c1-14-10-20(27-29-12-15(2)26-21(14)29)16-4-5-19(18(23)11-16)28-30(25-3)17-6-8-22(13-24)9-7-17/h4,10-12,17H,3,5-9H2,1-2H3/b28-19+. The van der Waals surface area contributed by atoms with Crippen LogP contribution in [0.2, 0.25) is 12.6 Å². The van der Waals surface area contributed by atoms with Crippen molar-refractivity contribution < 1.29 is 4.39 Å². The van der Waals surface area contributed by atoms with Gasteiger partial charge in [-0.2, -0.15) is 20.4 Å². The fraction of sp³-hybridized carbons (Fsp3) is 0.381. The second kappa shape index (κ2) is 8.23. The Morgan fingerprint density at radius 1 is 1.37 bits per heavy atom. The van der Waals surface area contributed by atoms with Crippen LogP contribution in [0.25, 0.3) is 11.2 Å². The lowest BCUT2D eigenvalue weighted by atomic mass is 9.42. The lowest BCUT2D eigenvalue weighted by Gasteiger charge is -2.29. The summed E-state index contributed by atoms with van der Waals surface area (Å²) in [5.74, 6) is 1.92. The number of imidazole rings is 1. The van der Waals surface area contributed by atoms with Crippen LogP contribution in [-0.2, 0) is 0 Å². The van der Waals surface area contributed by atoms with Gasteiger partial charge in [0.1, 0.15) is 11.5 Å². The van der Waals surface area contributed by atoms with E-state index in [0.29, 0.717) is 17.8 Å². The molecule has 0 amide bonds. The Morgan fingerprint density at radius 2 is 2.13 bits per heavy atom. The largest absolute Gasteiger partial charge is 0.268 e. The van der Waals surface area contributed by atoms with Crippen molar-refractivity contribution in [2.75, 3.05) is 0 Å². The normalized spacial score (nSPS) is 18.9. The number of hydrazone groups is 2. The molecule has 1 saturated heterocycles. The van der Waals surface area contributed by atoms with Gasteiger partial charge in [-0.25, -0.2) is 19.2 Å². The van der Waals surface area contributed by atoms with Gasteiger partial charge < -0.3 is 0 Å². The molecular weight excluding hydrogens is 380 g/mol. The summed E-state index contributed by atoms with van der Waals surface area (Å²) in [6, 6.07) is 1.97. The predicted octanol–water partition coefficient (Wildman–Crippen LogP) is 3.98. The minimum Gasteiger partial charge on any atom is -0.232 e. The number of hydrogen-bond acceptors (Lipinski definition) is 6. The maximum Gasteiger partial charge on any atom is 0.268 e. The van der Waals surface area contributed by atoms with Gasteiger partial charge in [0, 0.05) is 24.7 Å². The lowest BCUT2D eigenvalue weighted by Crippen LogP contribution is -2.33. The minimum atomic E-state index is -0.395. The van der Waals surface area contributed by atoms with Crippen molar-refractivity contribution in [2.45, 2.75) is 51.8 Å². The van der Waals surface area contributed by atoms with Crippen LogP contribution in [0.1, 0.15) is 36.2 Å². The van der Waals surface area contributed by atoms with Gasteiger partial charge in [-0.05, 0) is 44.4 Å². The molecule has 2 aromatic heterocycles. The first-order chi connectivity index (χ1) is 14.5. The molecule has 0 N–H and O–H groups in total. The molecule has 152 valence electrons. The molecule has 2 aliphatic rings. The summed E-state index contributed by atoms with van der Waals surface area (Å²) in [7, 11) is 0. The average molecular weight is 403 g/mol. The molecular formula is C21H23BFN7. The topological polar surface area (TPSA) is 81.9 Å². The molecule has 0 unspecified atom stereocenters. The maximum absolute atomic E-state index is 14.9. The number of nitrogens with zero attached hydrogens (tertiary/aromatic N) is 7. The van der Waals surface area contributed by atoms with Crippen LogP contribution < -0.4 is 0 Å². The highest BCUT2D eigenvalue weighted by Crippen LogP contribution is 2.28. The number of fused-ring (bicyclic) bond motifs is 1.